The first kappa shape index (κ1) is 18.4. The van der Waals surface area contributed by atoms with Crippen LogP contribution in [0.5, 0.6) is 0 Å². The molecule has 124 valence electrons. The molecule has 0 atom stereocenters. The van der Waals surface area contributed by atoms with Crippen LogP contribution in [-0.2, 0) is 27.7 Å². The summed E-state index contributed by atoms with van der Waals surface area (Å²) >= 11 is 0. The predicted molar refractivity (Wildman–Crippen MR) is 83.6 cm³/mol. The van der Waals surface area contributed by atoms with Gasteiger partial charge in [0, 0.05) is 13.1 Å². The second-order valence-electron chi connectivity index (χ2n) is 5.92. The quantitative estimate of drug-likeness (QED) is 0.810. The van der Waals surface area contributed by atoms with Crippen molar-refractivity contribution >= 4 is 16.0 Å². The molecule has 2 N–H and O–H groups in total. The fraction of sp³-hybridized carbons (Fsp3) is 0.533. The van der Waals surface area contributed by atoms with Crippen molar-refractivity contribution < 1.29 is 23.1 Å². The highest BCUT2D eigenvalue weighted by Gasteiger charge is 2.16. The Hall–Kier alpha value is -1.60. The number of nitrogens with one attached hydrogen (secondary N) is 1. The van der Waals surface area contributed by atoms with Gasteiger partial charge in [-0.2, -0.15) is 0 Å². The fourth-order valence-electron chi connectivity index (χ4n) is 1.89. The Morgan fingerprint density at radius 3 is 2.32 bits per heavy atom. The summed E-state index contributed by atoms with van der Waals surface area (Å²) in [6.45, 7) is 8.34. The van der Waals surface area contributed by atoms with Crippen molar-refractivity contribution in [1.29, 1.82) is 0 Å². The van der Waals surface area contributed by atoms with Crippen molar-refractivity contribution in [1.82, 2.24) is 5.32 Å². The van der Waals surface area contributed by atoms with Gasteiger partial charge in [-0.3, -0.25) is 0 Å². The minimum absolute atomic E-state index is 0.166. The van der Waals surface area contributed by atoms with E-state index in [2.05, 4.69) is 10.1 Å². The number of hydrogen-bond donors (Lipinski definition) is 2. The van der Waals surface area contributed by atoms with Crippen LogP contribution in [0.2, 0.25) is 0 Å². The van der Waals surface area contributed by atoms with E-state index in [1.807, 2.05) is 6.07 Å². The van der Waals surface area contributed by atoms with Gasteiger partial charge in [0.1, 0.15) is 5.60 Å². The van der Waals surface area contributed by atoms with Gasteiger partial charge in [-0.1, -0.05) is 13.0 Å². The van der Waals surface area contributed by atoms with Crippen LogP contribution in [-0.4, -0.2) is 31.0 Å². The Morgan fingerprint density at radius 1 is 1.27 bits per heavy atom. The molecule has 1 aliphatic heterocycles. The summed E-state index contributed by atoms with van der Waals surface area (Å²) in [6, 6.07) is 5.39. The van der Waals surface area contributed by atoms with Gasteiger partial charge in [0.2, 0.25) is 0 Å². The molecule has 0 fully saturated rings. The highest BCUT2D eigenvalue weighted by molar-refractivity contribution is 7.91. The molecule has 0 amide bonds. The SMILES string of the molecule is CC(C)(C)OC(=O)O.CCS(=O)(=O)c1ccc2c(c1)CNC2. The average molecular weight is 329 g/mol. The van der Waals surface area contributed by atoms with Crippen molar-refractivity contribution in [2.45, 2.75) is 51.3 Å². The van der Waals surface area contributed by atoms with Gasteiger partial charge < -0.3 is 15.2 Å². The van der Waals surface area contributed by atoms with E-state index in [4.69, 9.17) is 5.11 Å². The zero-order chi connectivity index (χ0) is 17.0. The molecule has 1 aliphatic rings. The van der Waals surface area contributed by atoms with E-state index in [9.17, 15) is 13.2 Å². The topological polar surface area (TPSA) is 92.7 Å². The van der Waals surface area contributed by atoms with Gasteiger partial charge in [0.05, 0.1) is 10.6 Å². The zero-order valence-corrected chi connectivity index (χ0v) is 14.2. The highest BCUT2D eigenvalue weighted by atomic mass is 32.2. The number of carboxylic acid groups (broad SMARTS) is 1. The van der Waals surface area contributed by atoms with E-state index in [1.165, 1.54) is 5.56 Å². The van der Waals surface area contributed by atoms with Crippen LogP contribution in [0, 0.1) is 0 Å². The van der Waals surface area contributed by atoms with Crippen LogP contribution in [0.3, 0.4) is 0 Å². The molecule has 7 heteroatoms. The van der Waals surface area contributed by atoms with Gasteiger partial charge in [0.25, 0.3) is 0 Å². The third-order valence-electron chi connectivity index (χ3n) is 2.94. The number of carbonyl (C=O) groups is 1. The van der Waals surface area contributed by atoms with E-state index >= 15 is 0 Å². The molecule has 0 aliphatic carbocycles. The minimum atomic E-state index is -3.05. The smallest absolute Gasteiger partial charge is 0.450 e. The van der Waals surface area contributed by atoms with Crippen molar-refractivity contribution in [3.05, 3.63) is 29.3 Å². The molecule has 0 radical (unpaired) electrons. The number of ether oxygens (including phenoxy) is 1. The number of rotatable bonds is 2. The largest absolute Gasteiger partial charge is 0.506 e. The zero-order valence-electron chi connectivity index (χ0n) is 13.3. The molecule has 22 heavy (non-hydrogen) atoms. The maximum absolute atomic E-state index is 11.6. The molecule has 0 saturated carbocycles. The first-order valence-corrected chi connectivity index (χ1v) is 8.67. The molecule has 0 saturated heterocycles. The molecule has 1 aromatic carbocycles. The maximum Gasteiger partial charge on any atom is 0.506 e. The number of hydrogen-bond acceptors (Lipinski definition) is 5. The van der Waals surface area contributed by atoms with Gasteiger partial charge in [-0.25, -0.2) is 13.2 Å². The lowest BCUT2D eigenvalue weighted by Crippen LogP contribution is -2.22. The molecular weight excluding hydrogens is 306 g/mol. The Balaban J connectivity index is 0.000000261. The molecule has 0 unspecified atom stereocenters. The predicted octanol–water partition coefficient (Wildman–Crippen LogP) is 2.56. The van der Waals surface area contributed by atoms with Crippen LogP contribution in [0.15, 0.2) is 23.1 Å². The van der Waals surface area contributed by atoms with Crippen molar-refractivity contribution in [2.24, 2.45) is 0 Å². The molecule has 0 bridgehead atoms. The highest BCUT2D eigenvalue weighted by Crippen LogP contribution is 2.20. The van der Waals surface area contributed by atoms with Crippen LogP contribution >= 0.6 is 0 Å². The van der Waals surface area contributed by atoms with Crippen LogP contribution < -0.4 is 5.32 Å². The standard InChI is InChI=1S/C10H13NO2S.C5H10O3/c1-2-14(12,13)10-4-3-8-6-11-7-9(8)5-10;1-5(2,3)8-4(6)7/h3-5,11H,2,6-7H2,1H3;1-3H3,(H,6,7). The van der Waals surface area contributed by atoms with Gasteiger partial charge >= 0.3 is 6.16 Å². The molecule has 6 nitrogen and oxygen atoms in total. The Bertz CT molecular complexity index is 632. The molecule has 0 aromatic heterocycles. The van der Waals surface area contributed by atoms with Crippen LogP contribution in [0.25, 0.3) is 0 Å². The molecular formula is C15H23NO5S. The lowest BCUT2D eigenvalue weighted by molar-refractivity contribution is 0.0150. The summed E-state index contributed by atoms with van der Waals surface area (Å²) in [5.41, 5.74) is 1.74. The Morgan fingerprint density at radius 2 is 1.86 bits per heavy atom. The molecule has 2 rings (SSSR count). The molecule has 1 heterocycles. The summed E-state index contributed by atoms with van der Waals surface area (Å²) in [6.07, 6.45) is -1.22. The van der Waals surface area contributed by atoms with Crippen LogP contribution in [0.1, 0.15) is 38.8 Å². The average Bonchev–Trinajstić information content (AvgIpc) is 2.83. The normalized spacial score (nSPS) is 13.8. The number of benzene rings is 1. The van der Waals surface area contributed by atoms with E-state index < -0.39 is 21.6 Å². The van der Waals surface area contributed by atoms with Gasteiger partial charge in [-0.15, -0.1) is 0 Å². The number of sulfone groups is 1. The van der Waals surface area contributed by atoms with E-state index in [-0.39, 0.29) is 5.75 Å². The fourth-order valence-corrected chi connectivity index (χ4v) is 2.82. The van der Waals surface area contributed by atoms with Gasteiger partial charge in [0.15, 0.2) is 9.84 Å². The summed E-state index contributed by atoms with van der Waals surface area (Å²) in [7, 11) is -3.05. The Labute approximate surface area is 131 Å². The summed E-state index contributed by atoms with van der Waals surface area (Å²) in [5.74, 6) is 0.166. The summed E-state index contributed by atoms with van der Waals surface area (Å²) < 4.78 is 27.5. The lowest BCUT2D eigenvalue weighted by Gasteiger charge is -2.15. The number of fused-ring (bicyclic) bond motifs is 1. The summed E-state index contributed by atoms with van der Waals surface area (Å²) in [5, 5.41) is 11.2. The van der Waals surface area contributed by atoms with E-state index in [0.717, 1.165) is 18.7 Å². The second-order valence-corrected chi connectivity index (χ2v) is 8.20. The van der Waals surface area contributed by atoms with Gasteiger partial charge in [-0.05, 0) is 44.0 Å². The second kappa shape index (κ2) is 7.11. The lowest BCUT2D eigenvalue weighted by atomic mass is 10.1. The minimum Gasteiger partial charge on any atom is -0.450 e. The Kier molecular flexibility index (Phi) is 5.96. The third kappa shape index (κ3) is 5.65. The van der Waals surface area contributed by atoms with Crippen molar-refractivity contribution in [2.75, 3.05) is 5.75 Å². The van der Waals surface area contributed by atoms with Crippen LogP contribution in [0.4, 0.5) is 4.79 Å². The maximum atomic E-state index is 11.6. The summed E-state index contributed by atoms with van der Waals surface area (Å²) in [4.78, 5) is 10.2. The van der Waals surface area contributed by atoms with Crippen molar-refractivity contribution in [3.63, 3.8) is 0 Å². The monoisotopic (exact) mass is 329 g/mol. The molecule has 1 aromatic rings. The first-order valence-electron chi connectivity index (χ1n) is 7.02. The third-order valence-corrected chi connectivity index (χ3v) is 4.67. The first-order chi connectivity index (χ1) is 10.0. The van der Waals surface area contributed by atoms with E-state index in [1.54, 1.807) is 39.8 Å². The van der Waals surface area contributed by atoms with E-state index in [0.29, 0.717) is 4.90 Å². The molecule has 0 spiro atoms. The van der Waals surface area contributed by atoms with Crippen molar-refractivity contribution in [3.8, 4) is 0 Å².